The highest BCUT2D eigenvalue weighted by Crippen LogP contribution is 2.13. The van der Waals surface area contributed by atoms with Gasteiger partial charge in [-0.2, -0.15) is 0 Å². The zero-order valence-corrected chi connectivity index (χ0v) is 8.33. The van der Waals surface area contributed by atoms with Gasteiger partial charge in [-0.1, -0.05) is 0 Å². The molecule has 0 radical (unpaired) electrons. The molecule has 2 amide bonds. The first-order valence-corrected chi connectivity index (χ1v) is 4.60. The van der Waals surface area contributed by atoms with E-state index in [0.717, 1.165) is 13.0 Å². The van der Waals surface area contributed by atoms with E-state index in [0.29, 0.717) is 0 Å². The summed E-state index contributed by atoms with van der Waals surface area (Å²) in [5.41, 5.74) is 0. The first-order chi connectivity index (χ1) is 6.02. The van der Waals surface area contributed by atoms with Crippen LogP contribution in [0, 0.1) is 0 Å². The molecule has 1 aliphatic rings. The minimum absolute atomic E-state index is 0.0465. The molecular weight excluding hydrogens is 168 g/mol. The first kappa shape index (κ1) is 10.0. The minimum Gasteiger partial charge on any atom is -0.344 e. The van der Waals surface area contributed by atoms with Crippen molar-refractivity contribution >= 4 is 11.8 Å². The van der Waals surface area contributed by atoms with Gasteiger partial charge >= 0.3 is 0 Å². The van der Waals surface area contributed by atoms with Crippen LogP contribution in [0.5, 0.6) is 0 Å². The average Bonchev–Trinajstić information content (AvgIpc) is 2.32. The Bertz CT molecular complexity index is 226. The number of carbonyl (C=O) groups excluding carboxylic acids is 2. The van der Waals surface area contributed by atoms with Gasteiger partial charge < -0.3 is 10.2 Å². The zero-order valence-electron chi connectivity index (χ0n) is 8.33. The molecule has 1 fully saturated rings. The van der Waals surface area contributed by atoms with Crippen molar-refractivity contribution in [1.82, 2.24) is 10.2 Å². The Morgan fingerprint density at radius 3 is 2.62 bits per heavy atom. The molecule has 4 heteroatoms. The summed E-state index contributed by atoms with van der Waals surface area (Å²) >= 11 is 0. The van der Waals surface area contributed by atoms with E-state index in [1.807, 2.05) is 13.8 Å². The summed E-state index contributed by atoms with van der Waals surface area (Å²) in [4.78, 5) is 24.1. The molecule has 13 heavy (non-hydrogen) atoms. The van der Waals surface area contributed by atoms with Gasteiger partial charge in [0, 0.05) is 19.5 Å². The van der Waals surface area contributed by atoms with Gasteiger partial charge in [-0.15, -0.1) is 0 Å². The Kier molecular flexibility index (Phi) is 2.90. The van der Waals surface area contributed by atoms with Gasteiger partial charge in [-0.25, -0.2) is 0 Å². The van der Waals surface area contributed by atoms with Crippen LogP contribution in [0.4, 0.5) is 0 Å². The molecule has 0 bridgehead atoms. The van der Waals surface area contributed by atoms with Crippen LogP contribution in [0.15, 0.2) is 0 Å². The highest BCUT2D eigenvalue weighted by Gasteiger charge is 2.33. The van der Waals surface area contributed by atoms with Crippen molar-refractivity contribution in [3.63, 3.8) is 0 Å². The van der Waals surface area contributed by atoms with Gasteiger partial charge in [-0.3, -0.25) is 9.59 Å². The van der Waals surface area contributed by atoms with Crippen molar-refractivity contribution in [2.75, 3.05) is 6.54 Å². The van der Waals surface area contributed by atoms with E-state index in [2.05, 4.69) is 5.32 Å². The minimum atomic E-state index is -0.292. The Balaban J connectivity index is 2.55. The molecule has 0 saturated carbocycles. The third-order valence-electron chi connectivity index (χ3n) is 2.24. The van der Waals surface area contributed by atoms with Crippen LogP contribution in [0.25, 0.3) is 0 Å². The second kappa shape index (κ2) is 3.77. The second-order valence-electron chi connectivity index (χ2n) is 3.67. The van der Waals surface area contributed by atoms with E-state index in [-0.39, 0.29) is 23.9 Å². The Labute approximate surface area is 78.3 Å². The molecule has 74 valence electrons. The normalized spacial score (nSPS) is 22.6. The van der Waals surface area contributed by atoms with Crippen LogP contribution in [0.1, 0.15) is 27.2 Å². The number of hydrogen-bond acceptors (Lipinski definition) is 2. The maximum atomic E-state index is 11.6. The van der Waals surface area contributed by atoms with Gasteiger partial charge in [0.15, 0.2) is 0 Å². The van der Waals surface area contributed by atoms with E-state index in [1.54, 1.807) is 4.90 Å². The van der Waals surface area contributed by atoms with Crippen molar-refractivity contribution in [3.8, 4) is 0 Å². The number of carbonyl (C=O) groups is 2. The Morgan fingerprint density at radius 1 is 1.62 bits per heavy atom. The molecule has 0 aromatic rings. The van der Waals surface area contributed by atoms with Crippen LogP contribution in [-0.4, -0.2) is 35.3 Å². The van der Waals surface area contributed by atoms with Crippen molar-refractivity contribution in [2.24, 2.45) is 0 Å². The Morgan fingerprint density at radius 2 is 2.23 bits per heavy atom. The molecule has 1 aliphatic heterocycles. The van der Waals surface area contributed by atoms with E-state index >= 15 is 0 Å². The molecular formula is C9H16N2O2. The number of rotatable bonds is 2. The summed E-state index contributed by atoms with van der Waals surface area (Å²) in [5.74, 6) is -0.0887. The average molecular weight is 184 g/mol. The van der Waals surface area contributed by atoms with Gasteiger partial charge in [0.05, 0.1) is 0 Å². The van der Waals surface area contributed by atoms with Crippen molar-refractivity contribution < 1.29 is 9.59 Å². The number of nitrogens with zero attached hydrogens (tertiary/aromatic N) is 1. The molecule has 0 aliphatic carbocycles. The van der Waals surface area contributed by atoms with Crippen LogP contribution >= 0.6 is 0 Å². The third-order valence-corrected chi connectivity index (χ3v) is 2.24. The summed E-state index contributed by atoms with van der Waals surface area (Å²) in [6.07, 6.45) is 0.733. The molecule has 1 saturated heterocycles. The molecule has 1 unspecified atom stereocenters. The number of likely N-dealkylation sites (tertiary alicyclic amines) is 1. The maximum Gasteiger partial charge on any atom is 0.245 e. The van der Waals surface area contributed by atoms with Gasteiger partial charge in [-0.05, 0) is 20.3 Å². The molecule has 1 N–H and O–H groups in total. The Hall–Kier alpha value is -1.06. The fraction of sp³-hybridized carbons (Fsp3) is 0.778. The third kappa shape index (κ3) is 2.20. The standard InChI is InChI=1S/C9H16N2O2/c1-6(2)11-5-4-8(9(11)13)10-7(3)12/h6,8H,4-5H2,1-3H3,(H,10,12). The largest absolute Gasteiger partial charge is 0.344 e. The predicted molar refractivity (Wildman–Crippen MR) is 49.1 cm³/mol. The second-order valence-corrected chi connectivity index (χ2v) is 3.67. The van der Waals surface area contributed by atoms with Crippen LogP contribution in [0.2, 0.25) is 0 Å². The molecule has 0 aromatic heterocycles. The molecule has 4 nitrogen and oxygen atoms in total. The smallest absolute Gasteiger partial charge is 0.245 e. The highest BCUT2D eigenvalue weighted by atomic mass is 16.2. The predicted octanol–water partition coefficient (Wildman–Crippen LogP) is 0.132. The van der Waals surface area contributed by atoms with E-state index in [9.17, 15) is 9.59 Å². The summed E-state index contributed by atoms with van der Waals surface area (Å²) in [5, 5.41) is 2.65. The lowest BCUT2D eigenvalue weighted by Crippen LogP contribution is -2.42. The zero-order chi connectivity index (χ0) is 10.0. The first-order valence-electron chi connectivity index (χ1n) is 4.60. The van der Waals surface area contributed by atoms with Gasteiger partial charge in [0.2, 0.25) is 11.8 Å². The lowest BCUT2D eigenvalue weighted by molar-refractivity contribution is -0.133. The molecule has 1 heterocycles. The van der Waals surface area contributed by atoms with Crippen LogP contribution in [-0.2, 0) is 9.59 Å². The highest BCUT2D eigenvalue weighted by molar-refractivity contribution is 5.88. The number of amides is 2. The maximum absolute atomic E-state index is 11.6. The lowest BCUT2D eigenvalue weighted by Gasteiger charge is -2.20. The summed E-state index contributed by atoms with van der Waals surface area (Å²) in [6.45, 7) is 6.15. The SMILES string of the molecule is CC(=O)NC1CCN(C(C)C)C1=O. The van der Waals surface area contributed by atoms with E-state index in [4.69, 9.17) is 0 Å². The van der Waals surface area contributed by atoms with Crippen molar-refractivity contribution in [2.45, 2.75) is 39.3 Å². The molecule has 1 rings (SSSR count). The summed E-state index contributed by atoms with van der Waals surface area (Å²) in [7, 11) is 0. The van der Waals surface area contributed by atoms with Crippen LogP contribution < -0.4 is 5.32 Å². The molecule has 1 atom stereocenters. The lowest BCUT2D eigenvalue weighted by atomic mass is 10.2. The van der Waals surface area contributed by atoms with E-state index < -0.39 is 0 Å². The summed E-state index contributed by atoms with van der Waals surface area (Å²) in [6, 6.07) is -0.0637. The van der Waals surface area contributed by atoms with Crippen molar-refractivity contribution in [3.05, 3.63) is 0 Å². The quantitative estimate of drug-likeness (QED) is 0.663. The molecule has 0 spiro atoms. The fourth-order valence-electron chi connectivity index (χ4n) is 1.59. The van der Waals surface area contributed by atoms with Gasteiger partial charge in [0.25, 0.3) is 0 Å². The monoisotopic (exact) mass is 184 g/mol. The number of nitrogens with one attached hydrogen (secondary N) is 1. The fourth-order valence-corrected chi connectivity index (χ4v) is 1.59. The topological polar surface area (TPSA) is 49.4 Å². The van der Waals surface area contributed by atoms with E-state index in [1.165, 1.54) is 6.92 Å². The van der Waals surface area contributed by atoms with Crippen molar-refractivity contribution in [1.29, 1.82) is 0 Å². The number of hydrogen-bond donors (Lipinski definition) is 1. The molecule has 0 aromatic carbocycles. The van der Waals surface area contributed by atoms with Crippen LogP contribution in [0.3, 0.4) is 0 Å². The summed E-state index contributed by atoms with van der Waals surface area (Å²) < 4.78 is 0. The van der Waals surface area contributed by atoms with Gasteiger partial charge in [0.1, 0.15) is 6.04 Å².